The summed E-state index contributed by atoms with van der Waals surface area (Å²) >= 11 is 7.02. The van der Waals surface area contributed by atoms with Crippen molar-refractivity contribution in [1.29, 1.82) is 0 Å². The summed E-state index contributed by atoms with van der Waals surface area (Å²) in [7, 11) is 0. The molecule has 0 bridgehead atoms. The molecular formula is C11H10ClN3OS. The number of benzene rings is 1. The van der Waals surface area contributed by atoms with E-state index in [0.717, 1.165) is 10.6 Å². The highest BCUT2D eigenvalue weighted by atomic mass is 35.5. The van der Waals surface area contributed by atoms with Gasteiger partial charge in [-0.2, -0.15) is 0 Å². The van der Waals surface area contributed by atoms with E-state index in [-0.39, 0.29) is 5.91 Å². The molecule has 2 rings (SSSR count). The van der Waals surface area contributed by atoms with Crippen molar-refractivity contribution in [3.63, 3.8) is 0 Å². The fraction of sp³-hybridized carbons (Fsp3) is 0.182. The molecule has 0 unspecified atom stereocenters. The minimum absolute atomic E-state index is 0.192. The third-order valence-corrected chi connectivity index (χ3v) is 3.18. The molecule has 0 atom stereocenters. The third-order valence-electron chi connectivity index (χ3n) is 2.12. The standard InChI is InChI=1S/C11H10ClN3OS/c1-7-14-15-11(17-7)13-10(16)9-4-2-8(6-12)3-5-9/h2-5H,6H2,1H3,(H,13,15,16). The molecule has 1 heterocycles. The fourth-order valence-electron chi connectivity index (χ4n) is 1.26. The second-order valence-electron chi connectivity index (χ2n) is 3.41. The summed E-state index contributed by atoms with van der Waals surface area (Å²) in [5, 5.41) is 11.7. The van der Waals surface area contributed by atoms with Crippen LogP contribution in [-0.4, -0.2) is 16.1 Å². The first kappa shape index (κ1) is 12.0. The number of aryl methyl sites for hydroxylation is 1. The highest BCUT2D eigenvalue weighted by molar-refractivity contribution is 7.15. The molecule has 0 aliphatic rings. The van der Waals surface area contributed by atoms with Crippen LogP contribution in [0.5, 0.6) is 0 Å². The summed E-state index contributed by atoms with van der Waals surface area (Å²) < 4.78 is 0. The van der Waals surface area contributed by atoms with Crippen molar-refractivity contribution < 1.29 is 4.79 Å². The number of aromatic nitrogens is 2. The summed E-state index contributed by atoms with van der Waals surface area (Å²) in [6.45, 7) is 1.84. The van der Waals surface area contributed by atoms with Gasteiger partial charge in [0, 0.05) is 11.4 Å². The van der Waals surface area contributed by atoms with Gasteiger partial charge >= 0.3 is 0 Å². The van der Waals surface area contributed by atoms with Crippen molar-refractivity contribution in [2.75, 3.05) is 5.32 Å². The topological polar surface area (TPSA) is 54.9 Å². The molecule has 1 aromatic heterocycles. The molecule has 0 aliphatic carbocycles. The fourth-order valence-corrected chi connectivity index (χ4v) is 2.03. The normalized spacial score (nSPS) is 10.2. The van der Waals surface area contributed by atoms with Crippen LogP contribution in [0.2, 0.25) is 0 Å². The van der Waals surface area contributed by atoms with E-state index in [1.807, 2.05) is 19.1 Å². The molecule has 4 nitrogen and oxygen atoms in total. The molecule has 0 saturated heterocycles. The van der Waals surface area contributed by atoms with Gasteiger partial charge in [-0.15, -0.1) is 21.8 Å². The second kappa shape index (κ2) is 5.25. The van der Waals surface area contributed by atoms with Gasteiger partial charge in [0.15, 0.2) is 0 Å². The van der Waals surface area contributed by atoms with Gasteiger partial charge in [-0.25, -0.2) is 0 Å². The number of hydrogen-bond donors (Lipinski definition) is 1. The number of nitrogens with one attached hydrogen (secondary N) is 1. The van der Waals surface area contributed by atoms with E-state index in [1.165, 1.54) is 11.3 Å². The van der Waals surface area contributed by atoms with E-state index in [4.69, 9.17) is 11.6 Å². The van der Waals surface area contributed by atoms with E-state index in [0.29, 0.717) is 16.6 Å². The predicted octanol–water partition coefficient (Wildman–Crippen LogP) is 2.84. The van der Waals surface area contributed by atoms with Crippen LogP contribution >= 0.6 is 22.9 Å². The highest BCUT2D eigenvalue weighted by Crippen LogP contribution is 2.15. The van der Waals surface area contributed by atoms with Gasteiger partial charge < -0.3 is 0 Å². The third kappa shape index (κ3) is 3.01. The Hall–Kier alpha value is -1.46. The number of hydrogen-bond acceptors (Lipinski definition) is 4. The maximum absolute atomic E-state index is 11.8. The summed E-state index contributed by atoms with van der Waals surface area (Å²) in [6.07, 6.45) is 0. The van der Waals surface area contributed by atoms with E-state index in [2.05, 4.69) is 15.5 Å². The largest absolute Gasteiger partial charge is 0.296 e. The Morgan fingerprint density at radius 3 is 2.59 bits per heavy atom. The summed E-state index contributed by atoms with van der Waals surface area (Å²) in [5.41, 5.74) is 1.56. The van der Waals surface area contributed by atoms with Crippen molar-refractivity contribution in [3.8, 4) is 0 Å². The van der Waals surface area contributed by atoms with Crippen LogP contribution in [0.3, 0.4) is 0 Å². The van der Waals surface area contributed by atoms with Gasteiger partial charge in [-0.1, -0.05) is 23.5 Å². The summed E-state index contributed by atoms with van der Waals surface area (Å²) in [6, 6.07) is 7.13. The van der Waals surface area contributed by atoms with Crippen molar-refractivity contribution >= 4 is 34.0 Å². The Morgan fingerprint density at radius 1 is 1.35 bits per heavy atom. The number of halogens is 1. The zero-order chi connectivity index (χ0) is 12.3. The lowest BCUT2D eigenvalue weighted by Gasteiger charge is -2.01. The molecule has 88 valence electrons. The van der Waals surface area contributed by atoms with Crippen molar-refractivity contribution in [3.05, 3.63) is 40.4 Å². The van der Waals surface area contributed by atoms with Crippen LogP contribution in [0.25, 0.3) is 0 Å². The molecule has 0 fully saturated rings. The molecule has 0 spiro atoms. The SMILES string of the molecule is Cc1nnc(NC(=O)c2ccc(CCl)cc2)s1. The van der Waals surface area contributed by atoms with Crippen LogP contribution in [0.1, 0.15) is 20.9 Å². The Morgan fingerprint density at radius 2 is 2.06 bits per heavy atom. The summed E-state index contributed by atoms with van der Waals surface area (Å²) in [5.74, 6) is 0.250. The maximum Gasteiger partial charge on any atom is 0.257 e. The van der Waals surface area contributed by atoms with Gasteiger partial charge in [0.05, 0.1) is 0 Å². The lowest BCUT2D eigenvalue weighted by molar-refractivity contribution is 0.102. The van der Waals surface area contributed by atoms with E-state index >= 15 is 0 Å². The smallest absolute Gasteiger partial charge is 0.257 e. The van der Waals surface area contributed by atoms with E-state index in [9.17, 15) is 4.79 Å². The number of carbonyl (C=O) groups excluding carboxylic acids is 1. The first-order valence-electron chi connectivity index (χ1n) is 4.95. The van der Waals surface area contributed by atoms with Gasteiger partial charge in [-0.3, -0.25) is 10.1 Å². The number of rotatable bonds is 3. The predicted molar refractivity (Wildman–Crippen MR) is 68.6 cm³/mol. The van der Waals surface area contributed by atoms with Crippen LogP contribution < -0.4 is 5.32 Å². The van der Waals surface area contributed by atoms with Crippen molar-refractivity contribution in [2.24, 2.45) is 0 Å². The number of nitrogens with zero attached hydrogens (tertiary/aromatic N) is 2. The minimum Gasteiger partial charge on any atom is -0.296 e. The van der Waals surface area contributed by atoms with E-state index in [1.54, 1.807) is 12.1 Å². The highest BCUT2D eigenvalue weighted by Gasteiger charge is 2.08. The minimum atomic E-state index is -0.192. The van der Waals surface area contributed by atoms with Gasteiger partial charge in [-0.05, 0) is 24.6 Å². The van der Waals surface area contributed by atoms with Gasteiger partial charge in [0.1, 0.15) is 5.01 Å². The maximum atomic E-state index is 11.8. The van der Waals surface area contributed by atoms with Crippen molar-refractivity contribution in [2.45, 2.75) is 12.8 Å². The molecule has 1 N–H and O–H groups in total. The molecular weight excluding hydrogens is 258 g/mol. The average molecular weight is 268 g/mol. The molecule has 0 radical (unpaired) electrons. The van der Waals surface area contributed by atoms with Crippen molar-refractivity contribution in [1.82, 2.24) is 10.2 Å². The molecule has 6 heteroatoms. The van der Waals surface area contributed by atoms with Crippen LogP contribution in [0.4, 0.5) is 5.13 Å². The molecule has 0 aliphatic heterocycles. The van der Waals surface area contributed by atoms with Crippen LogP contribution in [0.15, 0.2) is 24.3 Å². The summed E-state index contributed by atoms with van der Waals surface area (Å²) in [4.78, 5) is 11.8. The lowest BCUT2D eigenvalue weighted by atomic mass is 10.1. The molecule has 1 amide bonds. The molecule has 1 aromatic carbocycles. The Labute approximate surface area is 108 Å². The number of carbonyl (C=O) groups is 1. The monoisotopic (exact) mass is 267 g/mol. The first-order valence-corrected chi connectivity index (χ1v) is 6.30. The zero-order valence-electron chi connectivity index (χ0n) is 9.11. The second-order valence-corrected chi connectivity index (χ2v) is 4.86. The Balaban J connectivity index is 2.09. The Kier molecular flexibility index (Phi) is 3.71. The molecule has 17 heavy (non-hydrogen) atoms. The van der Waals surface area contributed by atoms with Crippen LogP contribution in [0, 0.1) is 6.92 Å². The number of alkyl halides is 1. The lowest BCUT2D eigenvalue weighted by Crippen LogP contribution is -2.11. The van der Waals surface area contributed by atoms with Gasteiger partial charge in [0.25, 0.3) is 5.91 Å². The molecule has 2 aromatic rings. The van der Waals surface area contributed by atoms with E-state index < -0.39 is 0 Å². The Bertz CT molecular complexity index is 524. The first-order chi connectivity index (χ1) is 8.19. The average Bonchev–Trinajstić information content (AvgIpc) is 2.75. The molecule has 0 saturated carbocycles. The number of anilines is 1. The van der Waals surface area contributed by atoms with Crippen LogP contribution in [-0.2, 0) is 5.88 Å². The zero-order valence-corrected chi connectivity index (χ0v) is 10.7. The van der Waals surface area contributed by atoms with Gasteiger partial charge in [0.2, 0.25) is 5.13 Å². The number of amides is 1. The quantitative estimate of drug-likeness (QED) is 0.870.